The van der Waals surface area contributed by atoms with Crippen molar-refractivity contribution in [2.45, 2.75) is 19.9 Å². The second kappa shape index (κ2) is 4.83. The Kier molecular flexibility index (Phi) is 3.67. The van der Waals surface area contributed by atoms with Crippen LogP contribution >= 0.6 is 0 Å². The van der Waals surface area contributed by atoms with Crippen LogP contribution in [-0.2, 0) is 0 Å². The molecule has 1 rings (SSSR count). The molecule has 0 spiro atoms. The summed E-state index contributed by atoms with van der Waals surface area (Å²) in [6.07, 6.45) is 3.87. The summed E-state index contributed by atoms with van der Waals surface area (Å²) in [4.78, 5) is 3.00. The summed E-state index contributed by atoms with van der Waals surface area (Å²) in [5.74, 6) is 0. The summed E-state index contributed by atoms with van der Waals surface area (Å²) >= 11 is 0. The van der Waals surface area contributed by atoms with Crippen molar-refractivity contribution in [3.8, 4) is 0 Å². The zero-order valence-corrected chi connectivity index (χ0v) is 7.72. The number of rotatable bonds is 5. The van der Waals surface area contributed by atoms with Crippen LogP contribution in [-0.4, -0.2) is 24.1 Å². The Morgan fingerprint density at radius 2 is 2.25 bits per heavy atom. The number of hydrogen-bond acceptors (Lipinski definition) is 2. The molecule has 0 radical (unpaired) electrons. The lowest BCUT2D eigenvalue weighted by atomic mass is 10.4. The van der Waals surface area contributed by atoms with Gasteiger partial charge in [-0.3, -0.25) is 0 Å². The van der Waals surface area contributed by atoms with Crippen LogP contribution < -0.4 is 10.6 Å². The number of aromatic nitrogens is 1. The maximum absolute atomic E-state index is 3.34. The maximum Gasteiger partial charge on any atom is 0.0518 e. The van der Waals surface area contributed by atoms with Crippen molar-refractivity contribution in [3.63, 3.8) is 0 Å². The second-order valence-corrected chi connectivity index (χ2v) is 3.14. The molecule has 1 aromatic rings. The van der Waals surface area contributed by atoms with E-state index in [2.05, 4.69) is 29.5 Å². The molecule has 3 nitrogen and oxygen atoms in total. The summed E-state index contributed by atoms with van der Waals surface area (Å²) in [6.45, 7) is 6.27. The van der Waals surface area contributed by atoms with Gasteiger partial charge in [-0.15, -0.1) is 0 Å². The molecule has 3 N–H and O–H groups in total. The van der Waals surface area contributed by atoms with Crippen LogP contribution in [0.2, 0.25) is 0 Å². The minimum Gasteiger partial charge on any atom is -0.383 e. The minimum absolute atomic E-state index is 0.568. The van der Waals surface area contributed by atoms with Gasteiger partial charge in [0, 0.05) is 31.5 Å². The van der Waals surface area contributed by atoms with Gasteiger partial charge in [0.1, 0.15) is 0 Å². The van der Waals surface area contributed by atoms with Crippen molar-refractivity contribution in [1.82, 2.24) is 10.3 Å². The Balaban J connectivity index is 2.04. The monoisotopic (exact) mass is 167 g/mol. The third-order valence-corrected chi connectivity index (χ3v) is 1.60. The zero-order chi connectivity index (χ0) is 8.81. The fourth-order valence-electron chi connectivity index (χ4n) is 1.00. The van der Waals surface area contributed by atoms with E-state index in [1.165, 1.54) is 0 Å². The van der Waals surface area contributed by atoms with Crippen molar-refractivity contribution in [2.24, 2.45) is 0 Å². The molecule has 3 heteroatoms. The van der Waals surface area contributed by atoms with Crippen LogP contribution in [0.3, 0.4) is 0 Å². The van der Waals surface area contributed by atoms with E-state index in [0.717, 1.165) is 18.8 Å². The molecule has 12 heavy (non-hydrogen) atoms. The van der Waals surface area contributed by atoms with Gasteiger partial charge in [-0.25, -0.2) is 0 Å². The summed E-state index contributed by atoms with van der Waals surface area (Å²) in [6, 6.07) is 2.59. The molecule has 68 valence electrons. The number of anilines is 1. The fourth-order valence-corrected chi connectivity index (χ4v) is 1.00. The quantitative estimate of drug-likeness (QED) is 0.580. The normalized spacial score (nSPS) is 10.6. The van der Waals surface area contributed by atoms with Crippen LogP contribution in [0.1, 0.15) is 13.8 Å². The first-order valence-corrected chi connectivity index (χ1v) is 4.39. The van der Waals surface area contributed by atoms with Crippen molar-refractivity contribution in [1.29, 1.82) is 0 Å². The standard InChI is InChI=1S/C9H17N3/c1-8(2)11-5-6-12-9-3-4-10-7-9/h3-4,7-8,10-12H,5-6H2,1-2H3. The second-order valence-electron chi connectivity index (χ2n) is 3.14. The van der Waals surface area contributed by atoms with Crippen molar-refractivity contribution < 1.29 is 0 Å². The van der Waals surface area contributed by atoms with Crippen LogP contribution in [0.5, 0.6) is 0 Å². The summed E-state index contributed by atoms with van der Waals surface area (Å²) in [5, 5.41) is 6.62. The predicted molar refractivity (Wildman–Crippen MR) is 52.4 cm³/mol. The molecular formula is C9H17N3. The van der Waals surface area contributed by atoms with E-state index in [4.69, 9.17) is 0 Å². The van der Waals surface area contributed by atoms with E-state index in [-0.39, 0.29) is 0 Å². The summed E-state index contributed by atoms with van der Waals surface area (Å²) < 4.78 is 0. The topological polar surface area (TPSA) is 39.8 Å². The molecule has 0 aromatic carbocycles. The van der Waals surface area contributed by atoms with E-state index < -0.39 is 0 Å². The fraction of sp³-hybridized carbons (Fsp3) is 0.556. The van der Waals surface area contributed by atoms with Gasteiger partial charge < -0.3 is 15.6 Å². The zero-order valence-electron chi connectivity index (χ0n) is 7.72. The van der Waals surface area contributed by atoms with E-state index in [0.29, 0.717) is 6.04 Å². The smallest absolute Gasteiger partial charge is 0.0518 e. The average Bonchev–Trinajstić information content (AvgIpc) is 2.49. The highest BCUT2D eigenvalue weighted by atomic mass is 15.0. The molecule has 0 fully saturated rings. The van der Waals surface area contributed by atoms with Gasteiger partial charge in [-0.1, -0.05) is 13.8 Å². The van der Waals surface area contributed by atoms with Crippen LogP contribution in [0.25, 0.3) is 0 Å². The Morgan fingerprint density at radius 3 is 2.83 bits per heavy atom. The summed E-state index contributed by atoms with van der Waals surface area (Å²) in [7, 11) is 0. The van der Waals surface area contributed by atoms with Crippen molar-refractivity contribution >= 4 is 5.69 Å². The highest BCUT2D eigenvalue weighted by Gasteiger charge is 1.92. The Bertz CT molecular complexity index is 192. The lowest BCUT2D eigenvalue weighted by Crippen LogP contribution is -2.28. The maximum atomic E-state index is 3.34. The molecule has 0 aliphatic rings. The molecule has 0 aliphatic heterocycles. The van der Waals surface area contributed by atoms with E-state index >= 15 is 0 Å². The summed E-state index contributed by atoms with van der Waals surface area (Å²) in [5.41, 5.74) is 1.15. The Hall–Kier alpha value is -0.960. The minimum atomic E-state index is 0.568. The number of H-pyrrole nitrogens is 1. The predicted octanol–water partition coefficient (Wildman–Crippen LogP) is 1.42. The molecule has 0 atom stereocenters. The first-order chi connectivity index (χ1) is 5.79. The van der Waals surface area contributed by atoms with Crippen LogP contribution in [0.15, 0.2) is 18.5 Å². The molecule has 0 amide bonds. The molecule has 0 saturated heterocycles. The number of aromatic amines is 1. The third-order valence-electron chi connectivity index (χ3n) is 1.60. The molecule has 0 bridgehead atoms. The average molecular weight is 167 g/mol. The van der Waals surface area contributed by atoms with E-state index in [1.54, 1.807) is 0 Å². The number of nitrogens with one attached hydrogen (secondary N) is 3. The van der Waals surface area contributed by atoms with Gasteiger partial charge in [0.15, 0.2) is 0 Å². The first-order valence-electron chi connectivity index (χ1n) is 4.39. The van der Waals surface area contributed by atoms with Gasteiger partial charge in [0.25, 0.3) is 0 Å². The van der Waals surface area contributed by atoms with Crippen molar-refractivity contribution in [3.05, 3.63) is 18.5 Å². The lowest BCUT2D eigenvalue weighted by Gasteiger charge is -2.08. The van der Waals surface area contributed by atoms with Gasteiger partial charge in [0.2, 0.25) is 0 Å². The van der Waals surface area contributed by atoms with E-state index in [9.17, 15) is 0 Å². The number of hydrogen-bond donors (Lipinski definition) is 3. The Labute approximate surface area is 73.6 Å². The van der Waals surface area contributed by atoms with E-state index in [1.807, 2.05) is 18.5 Å². The molecule has 0 unspecified atom stereocenters. The molecule has 1 aromatic heterocycles. The molecular weight excluding hydrogens is 150 g/mol. The van der Waals surface area contributed by atoms with Gasteiger partial charge >= 0.3 is 0 Å². The third kappa shape index (κ3) is 3.44. The first kappa shape index (κ1) is 9.13. The van der Waals surface area contributed by atoms with Crippen LogP contribution in [0.4, 0.5) is 5.69 Å². The highest BCUT2D eigenvalue weighted by molar-refractivity contribution is 5.40. The van der Waals surface area contributed by atoms with Crippen molar-refractivity contribution in [2.75, 3.05) is 18.4 Å². The van der Waals surface area contributed by atoms with Gasteiger partial charge in [-0.05, 0) is 6.07 Å². The Morgan fingerprint density at radius 1 is 1.42 bits per heavy atom. The van der Waals surface area contributed by atoms with Gasteiger partial charge in [-0.2, -0.15) is 0 Å². The SMILES string of the molecule is CC(C)NCCNc1cc[nH]c1. The van der Waals surface area contributed by atoms with Gasteiger partial charge in [0.05, 0.1) is 5.69 Å². The molecule has 0 saturated carbocycles. The highest BCUT2D eigenvalue weighted by Crippen LogP contribution is 2.01. The molecule has 1 heterocycles. The van der Waals surface area contributed by atoms with Crippen LogP contribution in [0, 0.1) is 0 Å². The lowest BCUT2D eigenvalue weighted by molar-refractivity contribution is 0.602. The molecule has 0 aliphatic carbocycles. The largest absolute Gasteiger partial charge is 0.383 e.